The summed E-state index contributed by atoms with van der Waals surface area (Å²) in [7, 11) is 0. The van der Waals surface area contributed by atoms with E-state index in [0.29, 0.717) is 0 Å². The van der Waals surface area contributed by atoms with E-state index >= 15 is 0 Å². The zero-order valence-electron chi connectivity index (χ0n) is 10.8. The molecule has 0 saturated carbocycles. The number of hydrogen-bond acceptors (Lipinski definition) is 2. The van der Waals surface area contributed by atoms with Crippen molar-refractivity contribution in [2.24, 2.45) is 5.73 Å². The van der Waals surface area contributed by atoms with E-state index in [1.807, 2.05) is 18.3 Å². The summed E-state index contributed by atoms with van der Waals surface area (Å²) in [5.41, 5.74) is 10.00. The highest BCUT2D eigenvalue weighted by Crippen LogP contribution is 2.11. The SMILES string of the molecule is Cc1ccccc1CC(N)CCc1ccccn1. The molecule has 0 radical (unpaired) electrons. The number of nitrogens with zero attached hydrogens (tertiary/aromatic N) is 1. The maximum Gasteiger partial charge on any atom is 0.0404 e. The molecule has 1 atom stereocenters. The summed E-state index contributed by atoms with van der Waals surface area (Å²) in [6, 6.07) is 14.7. The van der Waals surface area contributed by atoms with Crippen molar-refractivity contribution >= 4 is 0 Å². The third kappa shape index (κ3) is 3.67. The Morgan fingerprint density at radius 3 is 2.61 bits per heavy atom. The summed E-state index contributed by atoms with van der Waals surface area (Å²) in [5, 5.41) is 0. The van der Waals surface area contributed by atoms with E-state index in [-0.39, 0.29) is 6.04 Å². The molecule has 0 spiro atoms. The van der Waals surface area contributed by atoms with Gasteiger partial charge in [0, 0.05) is 17.9 Å². The first-order chi connectivity index (χ1) is 8.75. The third-order valence-corrected chi connectivity index (χ3v) is 3.24. The average molecular weight is 240 g/mol. The lowest BCUT2D eigenvalue weighted by Crippen LogP contribution is -2.24. The smallest absolute Gasteiger partial charge is 0.0404 e. The maximum atomic E-state index is 6.19. The fourth-order valence-corrected chi connectivity index (χ4v) is 2.10. The molecule has 0 aliphatic carbocycles. The number of aromatic nitrogens is 1. The summed E-state index contributed by atoms with van der Waals surface area (Å²) in [6.07, 6.45) is 4.71. The monoisotopic (exact) mass is 240 g/mol. The van der Waals surface area contributed by atoms with Gasteiger partial charge in [-0.1, -0.05) is 30.3 Å². The lowest BCUT2D eigenvalue weighted by Gasteiger charge is -2.13. The van der Waals surface area contributed by atoms with Crippen molar-refractivity contribution in [3.05, 3.63) is 65.5 Å². The van der Waals surface area contributed by atoms with E-state index in [9.17, 15) is 0 Å². The standard InChI is InChI=1S/C16H20N2/c1-13-6-2-3-7-14(13)12-15(17)9-10-16-8-4-5-11-18-16/h2-8,11,15H,9-10,12,17H2,1H3. The first-order valence-electron chi connectivity index (χ1n) is 6.45. The van der Waals surface area contributed by atoms with Crippen molar-refractivity contribution in [3.63, 3.8) is 0 Å². The van der Waals surface area contributed by atoms with Gasteiger partial charge in [0.25, 0.3) is 0 Å². The summed E-state index contributed by atoms with van der Waals surface area (Å²) >= 11 is 0. The van der Waals surface area contributed by atoms with Crippen LogP contribution in [-0.4, -0.2) is 11.0 Å². The molecule has 1 aromatic carbocycles. The van der Waals surface area contributed by atoms with Gasteiger partial charge >= 0.3 is 0 Å². The molecule has 2 aromatic rings. The van der Waals surface area contributed by atoms with Crippen molar-refractivity contribution in [2.45, 2.75) is 32.2 Å². The number of benzene rings is 1. The summed E-state index contributed by atoms with van der Waals surface area (Å²) < 4.78 is 0. The van der Waals surface area contributed by atoms with Gasteiger partial charge in [0.2, 0.25) is 0 Å². The fourth-order valence-electron chi connectivity index (χ4n) is 2.10. The van der Waals surface area contributed by atoms with Gasteiger partial charge < -0.3 is 5.73 Å². The molecule has 0 amide bonds. The highest BCUT2D eigenvalue weighted by molar-refractivity contribution is 5.26. The van der Waals surface area contributed by atoms with Crippen LogP contribution < -0.4 is 5.73 Å². The van der Waals surface area contributed by atoms with E-state index in [1.165, 1.54) is 11.1 Å². The number of aryl methyl sites for hydroxylation is 2. The minimum Gasteiger partial charge on any atom is -0.327 e. The zero-order valence-corrected chi connectivity index (χ0v) is 10.8. The third-order valence-electron chi connectivity index (χ3n) is 3.24. The second-order valence-electron chi connectivity index (χ2n) is 4.75. The Hall–Kier alpha value is -1.67. The normalized spacial score (nSPS) is 12.3. The molecule has 0 aliphatic rings. The molecule has 2 N–H and O–H groups in total. The first kappa shape index (κ1) is 12.8. The van der Waals surface area contributed by atoms with E-state index in [0.717, 1.165) is 25.0 Å². The van der Waals surface area contributed by atoms with Gasteiger partial charge in [-0.05, 0) is 49.4 Å². The van der Waals surface area contributed by atoms with Crippen LogP contribution in [0.15, 0.2) is 48.7 Å². The predicted molar refractivity (Wildman–Crippen MR) is 75.4 cm³/mol. The minimum atomic E-state index is 0.202. The van der Waals surface area contributed by atoms with Crippen LogP contribution >= 0.6 is 0 Å². The van der Waals surface area contributed by atoms with Crippen LogP contribution in [0.1, 0.15) is 23.2 Å². The van der Waals surface area contributed by atoms with Crippen LogP contribution in [-0.2, 0) is 12.8 Å². The molecule has 1 heterocycles. The number of hydrogen-bond donors (Lipinski definition) is 1. The number of pyridine rings is 1. The zero-order chi connectivity index (χ0) is 12.8. The minimum absolute atomic E-state index is 0.202. The quantitative estimate of drug-likeness (QED) is 0.872. The van der Waals surface area contributed by atoms with Crippen molar-refractivity contribution in [2.75, 3.05) is 0 Å². The van der Waals surface area contributed by atoms with Crippen molar-refractivity contribution in [3.8, 4) is 0 Å². The molecule has 1 unspecified atom stereocenters. The Bertz CT molecular complexity index is 479. The Morgan fingerprint density at radius 1 is 1.11 bits per heavy atom. The Morgan fingerprint density at radius 2 is 1.89 bits per heavy atom. The van der Waals surface area contributed by atoms with Gasteiger partial charge in [0.05, 0.1) is 0 Å². The average Bonchev–Trinajstić information content (AvgIpc) is 2.40. The van der Waals surface area contributed by atoms with Gasteiger partial charge in [-0.2, -0.15) is 0 Å². The van der Waals surface area contributed by atoms with Crippen LogP contribution in [0.4, 0.5) is 0 Å². The summed E-state index contributed by atoms with van der Waals surface area (Å²) in [5.74, 6) is 0. The molecule has 0 aliphatic heterocycles. The molecular weight excluding hydrogens is 220 g/mol. The maximum absolute atomic E-state index is 6.19. The Kier molecular flexibility index (Phi) is 4.48. The largest absolute Gasteiger partial charge is 0.327 e. The molecule has 0 saturated heterocycles. The highest BCUT2D eigenvalue weighted by Gasteiger charge is 2.06. The van der Waals surface area contributed by atoms with Crippen molar-refractivity contribution in [1.82, 2.24) is 4.98 Å². The van der Waals surface area contributed by atoms with Gasteiger partial charge in [-0.3, -0.25) is 4.98 Å². The highest BCUT2D eigenvalue weighted by atomic mass is 14.7. The molecule has 2 rings (SSSR count). The van der Waals surface area contributed by atoms with Crippen LogP contribution in [0.2, 0.25) is 0 Å². The lowest BCUT2D eigenvalue weighted by atomic mass is 9.98. The van der Waals surface area contributed by atoms with Crippen molar-refractivity contribution < 1.29 is 0 Å². The molecule has 0 bridgehead atoms. The summed E-state index contributed by atoms with van der Waals surface area (Å²) in [4.78, 5) is 4.32. The second kappa shape index (κ2) is 6.31. The van der Waals surface area contributed by atoms with Crippen LogP contribution in [0.3, 0.4) is 0 Å². The molecule has 1 aromatic heterocycles. The van der Waals surface area contributed by atoms with E-state index in [1.54, 1.807) is 0 Å². The fraction of sp³-hybridized carbons (Fsp3) is 0.312. The van der Waals surface area contributed by atoms with Crippen molar-refractivity contribution in [1.29, 1.82) is 0 Å². The Balaban J connectivity index is 1.86. The van der Waals surface area contributed by atoms with Gasteiger partial charge in [-0.15, -0.1) is 0 Å². The first-order valence-corrected chi connectivity index (χ1v) is 6.45. The van der Waals surface area contributed by atoms with E-state index < -0.39 is 0 Å². The molecular formula is C16H20N2. The van der Waals surface area contributed by atoms with Crippen LogP contribution in [0.5, 0.6) is 0 Å². The van der Waals surface area contributed by atoms with Gasteiger partial charge in [-0.25, -0.2) is 0 Å². The molecule has 18 heavy (non-hydrogen) atoms. The topological polar surface area (TPSA) is 38.9 Å². The van der Waals surface area contributed by atoms with Crippen LogP contribution in [0.25, 0.3) is 0 Å². The Labute approximate surface area is 109 Å². The molecule has 0 fully saturated rings. The summed E-state index contributed by atoms with van der Waals surface area (Å²) in [6.45, 7) is 2.14. The van der Waals surface area contributed by atoms with E-state index in [4.69, 9.17) is 5.73 Å². The second-order valence-corrected chi connectivity index (χ2v) is 4.75. The lowest BCUT2D eigenvalue weighted by molar-refractivity contribution is 0.604. The predicted octanol–water partition coefficient (Wildman–Crippen LogP) is 2.89. The number of rotatable bonds is 5. The van der Waals surface area contributed by atoms with Gasteiger partial charge in [0.15, 0.2) is 0 Å². The van der Waals surface area contributed by atoms with E-state index in [2.05, 4.69) is 42.2 Å². The van der Waals surface area contributed by atoms with Crippen LogP contribution in [0, 0.1) is 6.92 Å². The molecule has 2 nitrogen and oxygen atoms in total. The molecule has 94 valence electrons. The molecule has 2 heteroatoms. The number of nitrogens with two attached hydrogens (primary N) is 1. The van der Waals surface area contributed by atoms with Gasteiger partial charge in [0.1, 0.15) is 0 Å².